The molecule has 0 aromatic heterocycles. The van der Waals surface area contributed by atoms with E-state index >= 15 is 0 Å². The predicted octanol–water partition coefficient (Wildman–Crippen LogP) is 6.01. The van der Waals surface area contributed by atoms with Crippen LogP contribution in [0.15, 0.2) is 97.1 Å². The Labute approximate surface area is 164 Å². The maximum absolute atomic E-state index is 5.73. The van der Waals surface area contributed by atoms with E-state index in [4.69, 9.17) is 11.5 Å². The van der Waals surface area contributed by atoms with Crippen LogP contribution in [0.2, 0.25) is 0 Å². The highest BCUT2D eigenvalue weighted by Gasteiger charge is 2.01. The summed E-state index contributed by atoms with van der Waals surface area (Å²) in [5.74, 6) is 0. The third-order valence-electron chi connectivity index (χ3n) is 4.50. The van der Waals surface area contributed by atoms with Gasteiger partial charge in [0.25, 0.3) is 0 Å². The molecule has 0 atom stereocenters. The fraction of sp³-hybridized carbons (Fsp3) is 0. The minimum Gasteiger partial charge on any atom is -0.399 e. The number of hydrogen-bond donors (Lipinski definition) is 4. The lowest BCUT2D eigenvalue weighted by Gasteiger charge is -2.10. The van der Waals surface area contributed by atoms with Gasteiger partial charge in [-0.1, -0.05) is 24.3 Å². The first-order chi connectivity index (χ1) is 13.7. The molecule has 0 spiro atoms. The van der Waals surface area contributed by atoms with Gasteiger partial charge in [-0.3, -0.25) is 0 Å². The molecule has 4 heteroatoms. The van der Waals surface area contributed by atoms with E-state index in [9.17, 15) is 0 Å². The number of nitrogens with two attached hydrogens (primary N) is 2. The highest BCUT2D eigenvalue weighted by atomic mass is 14.9. The van der Waals surface area contributed by atoms with Crippen molar-refractivity contribution in [3.8, 4) is 11.1 Å². The minimum absolute atomic E-state index is 0.759. The molecule has 6 N–H and O–H groups in total. The lowest BCUT2D eigenvalue weighted by molar-refractivity contribution is 1.52. The molecule has 0 saturated carbocycles. The predicted molar refractivity (Wildman–Crippen MR) is 120 cm³/mol. The average Bonchev–Trinajstić information content (AvgIpc) is 2.73. The summed E-state index contributed by atoms with van der Waals surface area (Å²) >= 11 is 0. The van der Waals surface area contributed by atoms with Crippen LogP contribution >= 0.6 is 0 Å². The summed E-state index contributed by atoms with van der Waals surface area (Å²) in [6.45, 7) is 0. The molecule has 0 heterocycles. The smallest absolute Gasteiger partial charge is 0.0385 e. The van der Waals surface area contributed by atoms with Crippen LogP contribution in [-0.2, 0) is 0 Å². The van der Waals surface area contributed by atoms with Gasteiger partial charge in [-0.25, -0.2) is 0 Å². The second kappa shape index (κ2) is 7.76. The molecule has 0 radical (unpaired) electrons. The Bertz CT molecular complexity index is 947. The normalized spacial score (nSPS) is 10.4. The number of nitrogens with one attached hydrogen (secondary N) is 2. The second-order valence-corrected chi connectivity index (χ2v) is 6.65. The average molecular weight is 366 g/mol. The molecule has 0 unspecified atom stereocenters. The fourth-order valence-electron chi connectivity index (χ4n) is 2.96. The zero-order valence-corrected chi connectivity index (χ0v) is 15.4. The Morgan fingerprint density at radius 3 is 0.893 bits per heavy atom. The van der Waals surface area contributed by atoms with Crippen molar-refractivity contribution in [2.24, 2.45) is 0 Å². The van der Waals surface area contributed by atoms with Crippen LogP contribution in [-0.4, -0.2) is 0 Å². The molecular formula is C24H22N4. The van der Waals surface area contributed by atoms with E-state index in [0.29, 0.717) is 0 Å². The van der Waals surface area contributed by atoms with Gasteiger partial charge in [0.05, 0.1) is 0 Å². The van der Waals surface area contributed by atoms with Crippen molar-refractivity contribution in [1.82, 2.24) is 0 Å². The monoisotopic (exact) mass is 366 g/mol. The lowest BCUT2D eigenvalue weighted by Crippen LogP contribution is -1.92. The summed E-state index contributed by atoms with van der Waals surface area (Å²) in [5.41, 5.74) is 19.4. The summed E-state index contributed by atoms with van der Waals surface area (Å²) in [5, 5.41) is 6.75. The summed E-state index contributed by atoms with van der Waals surface area (Å²) in [7, 11) is 0. The molecule has 138 valence electrons. The first-order valence-electron chi connectivity index (χ1n) is 9.11. The van der Waals surface area contributed by atoms with Crippen LogP contribution in [0.3, 0.4) is 0 Å². The lowest BCUT2D eigenvalue weighted by atomic mass is 10.0. The Balaban J connectivity index is 1.43. The maximum atomic E-state index is 5.73. The topological polar surface area (TPSA) is 76.1 Å². The van der Waals surface area contributed by atoms with Crippen LogP contribution < -0.4 is 22.1 Å². The van der Waals surface area contributed by atoms with Crippen LogP contribution in [0, 0.1) is 0 Å². The Kier molecular flexibility index (Phi) is 4.85. The molecule has 4 aromatic rings. The molecule has 0 amide bonds. The number of rotatable bonds is 5. The third kappa shape index (κ3) is 4.24. The first kappa shape index (κ1) is 17.5. The molecule has 0 aliphatic carbocycles. The molecule has 0 bridgehead atoms. The molecule has 0 aliphatic rings. The SMILES string of the molecule is Nc1ccc(Nc2ccc(-c3ccc(Nc4ccc(N)cc4)cc3)cc2)cc1. The number of benzene rings is 4. The van der Waals surface area contributed by atoms with Crippen molar-refractivity contribution in [2.45, 2.75) is 0 Å². The molecule has 4 nitrogen and oxygen atoms in total. The summed E-state index contributed by atoms with van der Waals surface area (Å²) in [6.07, 6.45) is 0. The molecule has 0 aliphatic heterocycles. The summed E-state index contributed by atoms with van der Waals surface area (Å²) in [6, 6.07) is 32.2. The van der Waals surface area contributed by atoms with E-state index < -0.39 is 0 Å². The van der Waals surface area contributed by atoms with E-state index in [-0.39, 0.29) is 0 Å². The van der Waals surface area contributed by atoms with Gasteiger partial charge in [0.15, 0.2) is 0 Å². The van der Waals surface area contributed by atoms with Crippen LogP contribution in [0.25, 0.3) is 11.1 Å². The van der Waals surface area contributed by atoms with E-state index in [2.05, 4.69) is 59.2 Å². The van der Waals surface area contributed by atoms with Gasteiger partial charge in [0.2, 0.25) is 0 Å². The summed E-state index contributed by atoms with van der Waals surface area (Å²) < 4.78 is 0. The van der Waals surface area contributed by atoms with Gasteiger partial charge in [-0.2, -0.15) is 0 Å². The number of hydrogen-bond acceptors (Lipinski definition) is 4. The van der Waals surface area contributed by atoms with Crippen LogP contribution in [0.1, 0.15) is 0 Å². The molecule has 4 rings (SSSR count). The number of anilines is 6. The highest BCUT2D eigenvalue weighted by molar-refractivity contribution is 5.71. The van der Waals surface area contributed by atoms with Gasteiger partial charge < -0.3 is 22.1 Å². The third-order valence-corrected chi connectivity index (χ3v) is 4.50. The van der Waals surface area contributed by atoms with Crippen molar-refractivity contribution in [3.63, 3.8) is 0 Å². The van der Waals surface area contributed by atoms with Crippen molar-refractivity contribution in [1.29, 1.82) is 0 Å². The van der Waals surface area contributed by atoms with Gasteiger partial charge >= 0.3 is 0 Å². The van der Waals surface area contributed by atoms with Gasteiger partial charge in [-0.15, -0.1) is 0 Å². The molecular weight excluding hydrogens is 344 g/mol. The first-order valence-corrected chi connectivity index (χ1v) is 9.11. The van der Waals surface area contributed by atoms with Crippen LogP contribution in [0.5, 0.6) is 0 Å². The van der Waals surface area contributed by atoms with Crippen molar-refractivity contribution in [2.75, 3.05) is 22.1 Å². The van der Waals surface area contributed by atoms with Crippen LogP contribution in [0.4, 0.5) is 34.1 Å². The molecule has 4 aromatic carbocycles. The standard InChI is InChI=1S/C24H22N4/c25-19-5-13-23(14-6-19)27-21-9-1-17(2-10-21)18-3-11-22(12-4-18)28-24-15-7-20(26)8-16-24/h1-16,27-28H,25-26H2. The second-order valence-electron chi connectivity index (χ2n) is 6.65. The number of nitrogen functional groups attached to an aromatic ring is 2. The molecule has 0 fully saturated rings. The van der Waals surface area contributed by atoms with E-state index in [1.54, 1.807) is 0 Å². The maximum Gasteiger partial charge on any atom is 0.0385 e. The fourth-order valence-corrected chi connectivity index (χ4v) is 2.96. The Morgan fingerprint density at radius 1 is 0.357 bits per heavy atom. The van der Waals surface area contributed by atoms with E-state index in [1.165, 1.54) is 11.1 Å². The van der Waals surface area contributed by atoms with E-state index in [1.807, 2.05) is 48.5 Å². The van der Waals surface area contributed by atoms with E-state index in [0.717, 1.165) is 34.1 Å². The highest BCUT2D eigenvalue weighted by Crippen LogP contribution is 2.26. The summed E-state index contributed by atoms with van der Waals surface area (Å²) in [4.78, 5) is 0. The van der Waals surface area contributed by atoms with Crippen molar-refractivity contribution in [3.05, 3.63) is 97.1 Å². The van der Waals surface area contributed by atoms with Gasteiger partial charge in [0, 0.05) is 34.1 Å². The Hall–Kier alpha value is -3.92. The zero-order chi connectivity index (χ0) is 19.3. The minimum atomic E-state index is 0.759. The molecule has 0 saturated heterocycles. The quantitative estimate of drug-likeness (QED) is 0.327. The Morgan fingerprint density at radius 2 is 0.607 bits per heavy atom. The van der Waals surface area contributed by atoms with Gasteiger partial charge in [-0.05, 0) is 83.9 Å². The van der Waals surface area contributed by atoms with Gasteiger partial charge in [0.1, 0.15) is 0 Å². The zero-order valence-electron chi connectivity index (χ0n) is 15.4. The molecule has 28 heavy (non-hydrogen) atoms. The van der Waals surface area contributed by atoms with Crippen molar-refractivity contribution < 1.29 is 0 Å². The van der Waals surface area contributed by atoms with Crippen molar-refractivity contribution >= 4 is 34.1 Å². The largest absolute Gasteiger partial charge is 0.399 e.